The second-order valence-corrected chi connectivity index (χ2v) is 2.53. The van der Waals surface area contributed by atoms with Gasteiger partial charge >= 0.3 is 5.97 Å². The van der Waals surface area contributed by atoms with Crippen LogP contribution in [-0.4, -0.2) is 17.7 Å². The molecule has 0 atom stereocenters. The van der Waals surface area contributed by atoms with Crippen LogP contribution in [0.5, 0.6) is 5.75 Å². The number of hydrogen-bond donors (Lipinski definition) is 1. The lowest BCUT2D eigenvalue weighted by atomic mass is 10.1. The average molecular weight is 191 g/mol. The van der Waals surface area contributed by atoms with E-state index in [1.54, 1.807) is 13.0 Å². The molecule has 14 heavy (non-hydrogen) atoms. The minimum atomic E-state index is -0.597. The van der Waals surface area contributed by atoms with Gasteiger partial charge in [0.15, 0.2) is 0 Å². The maximum Gasteiger partial charge on any atom is 0.339 e. The molecule has 0 saturated heterocycles. The molecule has 0 aliphatic rings. The van der Waals surface area contributed by atoms with Crippen LogP contribution in [0.15, 0.2) is 18.2 Å². The van der Waals surface area contributed by atoms with Crippen LogP contribution in [0.2, 0.25) is 0 Å². The van der Waals surface area contributed by atoms with Crippen molar-refractivity contribution in [3.05, 3.63) is 29.3 Å². The van der Waals surface area contributed by atoms with Crippen LogP contribution < -0.4 is 0 Å². The van der Waals surface area contributed by atoms with Gasteiger partial charge in [-0.25, -0.2) is 4.79 Å². The molecule has 0 aliphatic heterocycles. The molecule has 0 amide bonds. The first-order chi connectivity index (χ1) is 6.70. The molecular formula is C10H9NO3. The first kappa shape index (κ1) is 10.1. The van der Waals surface area contributed by atoms with Gasteiger partial charge in [-0.05, 0) is 19.1 Å². The molecule has 4 heteroatoms. The number of nitrogens with zero attached hydrogens (tertiary/aromatic N) is 1. The van der Waals surface area contributed by atoms with Crippen LogP contribution in [0.4, 0.5) is 0 Å². The van der Waals surface area contributed by atoms with Gasteiger partial charge in [0.1, 0.15) is 17.4 Å². The van der Waals surface area contributed by atoms with Gasteiger partial charge in [0.2, 0.25) is 0 Å². The van der Waals surface area contributed by atoms with Crippen molar-refractivity contribution in [2.24, 2.45) is 0 Å². The number of ether oxygens (including phenoxy) is 1. The van der Waals surface area contributed by atoms with Crippen LogP contribution in [-0.2, 0) is 4.74 Å². The molecule has 0 aliphatic carbocycles. The largest absolute Gasteiger partial charge is 0.507 e. The molecule has 1 N–H and O–H groups in total. The van der Waals surface area contributed by atoms with E-state index < -0.39 is 5.97 Å². The zero-order chi connectivity index (χ0) is 10.6. The minimum absolute atomic E-state index is 0.0500. The van der Waals surface area contributed by atoms with Gasteiger partial charge in [-0.3, -0.25) is 0 Å². The van der Waals surface area contributed by atoms with Crippen molar-refractivity contribution < 1.29 is 14.6 Å². The molecule has 1 aromatic rings. The van der Waals surface area contributed by atoms with Crippen LogP contribution in [0.1, 0.15) is 22.8 Å². The summed E-state index contributed by atoms with van der Waals surface area (Å²) in [6.07, 6.45) is 0. The summed E-state index contributed by atoms with van der Waals surface area (Å²) in [5.74, 6) is -0.807. The van der Waals surface area contributed by atoms with Crippen molar-refractivity contribution >= 4 is 5.97 Å². The Kier molecular flexibility index (Phi) is 3.08. The van der Waals surface area contributed by atoms with Gasteiger partial charge < -0.3 is 9.84 Å². The quantitative estimate of drug-likeness (QED) is 0.718. The van der Waals surface area contributed by atoms with Gasteiger partial charge in [0.05, 0.1) is 12.2 Å². The first-order valence-electron chi connectivity index (χ1n) is 4.10. The Bertz CT molecular complexity index is 393. The van der Waals surface area contributed by atoms with E-state index in [2.05, 4.69) is 0 Å². The molecule has 0 heterocycles. The summed E-state index contributed by atoms with van der Waals surface area (Å²) in [6, 6.07) is 6.03. The standard InChI is InChI=1S/C10H9NO3/c1-2-14-10(13)7-4-3-5-9(12)8(7)6-11/h3-5,12H,2H2,1H3. The zero-order valence-electron chi connectivity index (χ0n) is 7.65. The molecule has 0 fully saturated rings. The SMILES string of the molecule is CCOC(=O)c1cccc(O)c1C#N. The summed E-state index contributed by atoms with van der Waals surface area (Å²) in [7, 11) is 0. The molecule has 4 nitrogen and oxygen atoms in total. The van der Waals surface area contributed by atoms with E-state index in [9.17, 15) is 9.90 Å². The summed E-state index contributed by atoms with van der Waals surface area (Å²) in [6.45, 7) is 1.91. The van der Waals surface area contributed by atoms with Gasteiger partial charge in [-0.2, -0.15) is 5.26 Å². The van der Waals surface area contributed by atoms with Crippen molar-refractivity contribution in [1.82, 2.24) is 0 Å². The number of esters is 1. The molecule has 0 radical (unpaired) electrons. The fraction of sp³-hybridized carbons (Fsp3) is 0.200. The predicted octanol–water partition coefficient (Wildman–Crippen LogP) is 1.44. The summed E-state index contributed by atoms with van der Waals surface area (Å²) in [5.41, 5.74) is 0.0419. The van der Waals surface area contributed by atoms with Gasteiger partial charge in [0.25, 0.3) is 0 Å². The Balaban J connectivity index is 3.15. The fourth-order valence-corrected chi connectivity index (χ4v) is 1.04. The lowest BCUT2D eigenvalue weighted by molar-refractivity contribution is 0.0525. The average Bonchev–Trinajstić information content (AvgIpc) is 2.17. The molecule has 0 aromatic heterocycles. The number of carbonyl (C=O) groups is 1. The molecular weight excluding hydrogens is 182 g/mol. The lowest BCUT2D eigenvalue weighted by Crippen LogP contribution is -2.06. The van der Waals surface area contributed by atoms with Gasteiger partial charge in [-0.1, -0.05) is 6.07 Å². The van der Waals surface area contributed by atoms with E-state index in [4.69, 9.17) is 10.00 Å². The Labute approximate surface area is 81.4 Å². The van der Waals surface area contributed by atoms with Crippen molar-refractivity contribution in [2.75, 3.05) is 6.61 Å². The maximum atomic E-state index is 11.3. The number of aromatic hydroxyl groups is 1. The highest BCUT2D eigenvalue weighted by Gasteiger charge is 2.14. The Morgan fingerprint density at radius 1 is 1.64 bits per heavy atom. The highest BCUT2D eigenvalue weighted by Crippen LogP contribution is 2.20. The third-order valence-corrected chi connectivity index (χ3v) is 1.65. The van der Waals surface area contributed by atoms with Crippen molar-refractivity contribution in [3.8, 4) is 11.8 Å². The Morgan fingerprint density at radius 3 is 2.93 bits per heavy atom. The van der Waals surface area contributed by atoms with Gasteiger partial charge in [0, 0.05) is 0 Å². The smallest absolute Gasteiger partial charge is 0.339 e. The minimum Gasteiger partial charge on any atom is -0.507 e. The van der Waals surface area contributed by atoms with Gasteiger partial charge in [-0.15, -0.1) is 0 Å². The Hall–Kier alpha value is -2.02. The number of hydrogen-bond acceptors (Lipinski definition) is 4. The van der Waals surface area contributed by atoms with E-state index in [1.807, 2.05) is 0 Å². The van der Waals surface area contributed by atoms with Crippen molar-refractivity contribution in [1.29, 1.82) is 5.26 Å². The van der Waals surface area contributed by atoms with Crippen LogP contribution >= 0.6 is 0 Å². The zero-order valence-corrected chi connectivity index (χ0v) is 7.65. The van der Waals surface area contributed by atoms with Crippen molar-refractivity contribution in [2.45, 2.75) is 6.92 Å². The summed E-state index contributed by atoms with van der Waals surface area (Å²) in [4.78, 5) is 11.3. The molecule has 0 unspecified atom stereocenters. The maximum absolute atomic E-state index is 11.3. The van der Waals surface area contributed by atoms with E-state index in [0.29, 0.717) is 0 Å². The molecule has 1 rings (SSSR count). The number of phenols is 1. The number of rotatable bonds is 2. The highest BCUT2D eigenvalue weighted by molar-refractivity contribution is 5.93. The second-order valence-electron chi connectivity index (χ2n) is 2.53. The summed E-state index contributed by atoms with van der Waals surface area (Å²) in [5, 5.41) is 18.0. The molecule has 0 bridgehead atoms. The normalized spacial score (nSPS) is 9.14. The molecule has 1 aromatic carbocycles. The molecule has 0 saturated carbocycles. The highest BCUT2D eigenvalue weighted by atomic mass is 16.5. The first-order valence-corrected chi connectivity index (χ1v) is 4.10. The van der Waals surface area contributed by atoms with Crippen molar-refractivity contribution in [3.63, 3.8) is 0 Å². The number of benzene rings is 1. The topological polar surface area (TPSA) is 70.3 Å². The number of nitriles is 1. The van der Waals surface area contributed by atoms with Crippen LogP contribution in [0.25, 0.3) is 0 Å². The van der Waals surface area contributed by atoms with E-state index in [0.717, 1.165) is 0 Å². The summed E-state index contributed by atoms with van der Waals surface area (Å²) >= 11 is 0. The Morgan fingerprint density at radius 2 is 2.36 bits per heavy atom. The second kappa shape index (κ2) is 4.28. The molecule has 72 valence electrons. The monoisotopic (exact) mass is 191 g/mol. The third-order valence-electron chi connectivity index (χ3n) is 1.65. The van der Waals surface area contributed by atoms with E-state index in [-0.39, 0.29) is 23.5 Å². The third kappa shape index (κ3) is 1.83. The predicted molar refractivity (Wildman–Crippen MR) is 48.8 cm³/mol. The fourth-order valence-electron chi connectivity index (χ4n) is 1.04. The van der Waals surface area contributed by atoms with Crippen LogP contribution in [0, 0.1) is 11.3 Å². The number of carbonyl (C=O) groups excluding carboxylic acids is 1. The number of phenolic OH excluding ortho intramolecular Hbond substituents is 1. The van der Waals surface area contributed by atoms with E-state index >= 15 is 0 Å². The summed E-state index contributed by atoms with van der Waals surface area (Å²) < 4.78 is 4.72. The lowest BCUT2D eigenvalue weighted by Gasteiger charge is -2.04. The van der Waals surface area contributed by atoms with E-state index in [1.165, 1.54) is 18.2 Å². The molecule has 0 spiro atoms. The van der Waals surface area contributed by atoms with Crippen LogP contribution in [0.3, 0.4) is 0 Å².